The van der Waals surface area contributed by atoms with E-state index in [2.05, 4.69) is 16.4 Å². The first-order valence-electron chi connectivity index (χ1n) is 9.88. The minimum absolute atomic E-state index is 0.0290. The Morgan fingerprint density at radius 1 is 1.28 bits per heavy atom. The number of H-pyrrole nitrogens is 1. The maximum absolute atomic E-state index is 12.7. The minimum atomic E-state index is -0.0653. The van der Waals surface area contributed by atoms with Crippen LogP contribution in [0.2, 0.25) is 0 Å². The molecule has 3 heterocycles. The molecule has 2 N–H and O–H groups in total. The molecular formula is C22H25N3O3S. The van der Waals surface area contributed by atoms with Gasteiger partial charge < -0.3 is 19.9 Å². The van der Waals surface area contributed by atoms with Crippen LogP contribution in [0.1, 0.15) is 29.0 Å². The topological polar surface area (TPSA) is 74.4 Å². The zero-order chi connectivity index (χ0) is 20.2. The summed E-state index contributed by atoms with van der Waals surface area (Å²) in [6.45, 7) is 1.86. The fourth-order valence-corrected chi connectivity index (χ4v) is 4.49. The third kappa shape index (κ3) is 4.45. The highest BCUT2D eigenvalue weighted by atomic mass is 32.1. The fourth-order valence-electron chi connectivity index (χ4n) is 3.78. The van der Waals surface area contributed by atoms with E-state index in [9.17, 15) is 9.59 Å². The van der Waals surface area contributed by atoms with Crippen molar-refractivity contribution in [1.82, 2.24) is 15.2 Å². The summed E-state index contributed by atoms with van der Waals surface area (Å²) in [6, 6.07) is 10.0. The molecule has 0 fully saturated rings. The van der Waals surface area contributed by atoms with E-state index in [1.165, 1.54) is 10.6 Å². The second-order valence-corrected chi connectivity index (χ2v) is 8.27. The molecule has 0 saturated heterocycles. The van der Waals surface area contributed by atoms with Gasteiger partial charge in [0.1, 0.15) is 5.75 Å². The largest absolute Gasteiger partial charge is 0.497 e. The number of thiophene rings is 1. The van der Waals surface area contributed by atoms with Gasteiger partial charge in [-0.05, 0) is 36.1 Å². The monoisotopic (exact) mass is 411 g/mol. The van der Waals surface area contributed by atoms with Crippen LogP contribution in [-0.2, 0) is 29.0 Å². The molecule has 0 aliphatic carbocycles. The van der Waals surface area contributed by atoms with Gasteiger partial charge in [-0.15, -0.1) is 11.3 Å². The van der Waals surface area contributed by atoms with E-state index in [1.54, 1.807) is 18.4 Å². The number of aromatic amines is 1. The number of fused-ring (bicyclic) bond motifs is 3. The first kappa shape index (κ1) is 19.5. The SMILES string of the molecule is COc1ccc2[nH]c3c(c2c1)CN(C(=O)CCC(=O)NCCc1cccs1)CC3. The summed E-state index contributed by atoms with van der Waals surface area (Å²) in [4.78, 5) is 31.3. The maximum atomic E-state index is 12.7. The Hall–Kier alpha value is -2.80. The Kier molecular flexibility index (Phi) is 5.85. The zero-order valence-corrected chi connectivity index (χ0v) is 17.3. The molecular weight excluding hydrogens is 386 g/mol. The highest BCUT2D eigenvalue weighted by Crippen LogP contribution is 2.30. The van der Waals surface area contributed by atoms with Crippen LogP contribution in [0.5, 0.6) is 5.75 Å². The number of ether oxygens (including phenoxy) is 1. The first-order chi connectivity index (χ1) is 14.1. The molecule has 1 aliphatic heterocycles. The van der Waals surface area contributed by atoms with E-state index in [0.717, 1.165) is 35.1 Å². The summed E-state index contributed by atoms with van der Waals surface area (Å²) in [5.74, 6) is 0.771. The van der Waals surface area contributed by atoms with Crippen molar-refractivity contribution in [3.8, 4) is 5.75 Å². The van der Waals surface area contributed by atoms with E-state index in [0.29, 0.717) is 19.6 Å². The van der Waals surface area contributed by atoms with Crippen LogP contribution in [0.25, 0.3) is 10.9 Å². The molecule has 0 atom stereocenters. The molecule has 0 radical (unpaired) electrons. The molecule has 6 nitrogen and oxygen atoms in total. The van der Waals surface area contributed by atoms with Gasteiger partial charge in [0.15, 0.2) is 0 Å². The average molecular weight is 412 g/mol. The van der Waals surface area contributed by atoms with Crippen LogP contribution in [0, 0.1) is 0 Å². The van der Waals surface area contributed by atoms with Gasteiger partial charge in [0.05, 0.1) is 7.11 Å². The van der Waals surface area contributed by atoms with Gasteiger partial charge >= 0.3 is 0 Å². The Morgan fingerprint density at radius 3 is 2.97 bits per heavy atom. The molecule has 0 spiro atoms. The third-order valence-electron chi connectivity index (χ3n) is 5.37. The number of nitrogens with zero attached hydrogens (tertiary/aromatic N) is 1. The van der Waals surface area contributed by atoms with Crippen LogP contribution in [0.3, 0.4) is 0 Å². The minimum Gasteiger partial charge on any atom is -0.497 e. The molecule has 0 bridgehead atoms. The summed E-state index contributed by atoms with van der Waals surface area (Å²) in [7, 11) is 1.65. The van der Waals surface area contributed by atoms with Gasteiger partial charge in [0.25, 0.3) is 0 Å². The van der Waals surface area contributed by atoms with E-state index in [-0.39, 0.29) is 24.7 Å². The van der Waals surface area contributed by atoms with Crippen molar-refractivity contribution in [3.63, 3.8) is 0 Å². The van der Waals surface area contributed by atoms with Crippen molar-refractivity contribution in [2.45, 2.75) is 32.2 Å². The molecule has 1 aliphatic rings. The number of carbonyl (C=O) groups excluding carboxylic acids is 2. The highest BCUT2D eigenvalue weighted by Gasteiger charge is 2.24. The quantitative estimate of drug-likeness (QED) is 0.627. The Bertz CT molecular complexity index is 1010. The lowest BCUT2D eigenvalue weighted by molar-refractivity contribution is -0.134. The van der Waals surface area contributed by atoms with Crippen LogP contribution in [0.15, 0.2) is 35.7 Å². The van der Waals surface area contributed by atoms with Gasteiger partial charge in [-0.1, -0.05) is 6.07 Å². The highest BCUT2D eigenvalue weighted by molar-refractivity contribution is 7.09. The number of rotatable bonds is 7. The number of hydrogen-bond donors (Lipinski definition) is 2. The van der Waals surface area contributed by atoms with E-state index in [4.69, 9.17) is 4.74 Å². The summed E-state index contributed by atoms with van der Waals surface area (Å²) in [6.07, 6.45) is 2.10. The molecule has 4 rings (SSSR count). The summed E-state index contributed by atoms with van der Waals surface area (Å²) >= 11 is 1.69. The van der Waals surface area contributed by atoms with Gasteiger partial charge in [0.2, 0.25) is 11.8 Å². The van der Waals surface area contributed by atoms with Gasteiger partial charge in [-0.25, -0.2) is 0 Å². The van der Waals surface area contributed by atoms with Gasteiger partial charge in [-0.2, -0.15) is 0 Å². The predicted octanol–water partition coefficient (Wildman–Crippen LogP) is 3.26. The van der Waals surface area contributed by atoms with Crippen LogP contribution in [0.4, 0.5) is 0 Å². The molecule has 2 amide bonds. The van der Waals surface area contributed by atoms with Gasteiger partial charge in [-0.3, -0.25) is 9.59 Å². The predicted molar refractivity (Wildman–Crippen MR) is 114 cm³/mol. The Balaban J connectivity index is 1.30. The van der Waals surface area contributed by atoms with Crippen LogP contribution >= 0.6 is 11.3 Å². The number of aromatic nitrogens is 1. The number of amides is 2. The second kappa shape index (κ2) is 8.69. The summed E-state index contributed by atoms with van der Waals surface area (Å²) in [5, 5.41) is 6.04. The molecule has 0 unspecified atom stereocenters. The smallest absolute Gasteiger partial charge is 0.223 e. The van der Waals surface area contributed by atoms with Gasteiger partial charge in [0, 0.05) is 65.9 Å². The summed E-state index contributed by atoms with van der Waals surface area (Å²) < 4.78 is 5.34. The third-order valence-corrected chi connectivity index (χ3v) is 6.31. The van der Waals surface area contributed by atoms with Crippen LogP contribution < -0.4 is 10.1 Å². The van der Waals surface area contributed by atoms with Crippen molar-refractivity contribution in [2.24, 2.45) is 0 Å². The second-order valence-electron chi connectivity index (χ2n) is 7.24. The lowest BCUT2D eigenvalue weighted by Gasteiger charge is -2.27. The summed E-state index contributed by atoms with van der Waals surface area (Å²) in [5.41, 5.74) is 3.40. The molecule has 0 saturated carbocycles. The number of benzene rings is 1. The van der Waals surface area contributed by atoms with E-state index in [1.807, 2.05) is 34.5 Å². The number of nitrogens with one attached hydrogen (secondary N) is 2. The molecule has 29 heavy (non-hydrogen) atoms. The van der Waals surface area contributed by atoms with Crippen molar-refractivity contribution < 1.29 is 14.3 Å². The first-order valence-corrected chi connectivity index (χ1v) is 10.8. The maximum Gasteiger partial charge on any atom is 0.223 e. The number of carbonyl (C=O) groups is 2. The van der Waals surface area contributed by atoms with Crippen molar-refractivity contribution in [2.75, 3.05) is 20.2 Å². The van der Waals surface area contributed by atoms with Crippen molar-refractivity contribution in [3.05, 3.63) is 51.8 Å². The number of hydrogen-bond acceptors (Lipinski definition) is 4. The standard InChI is InChI=1S/C22H25N3O3S/c1-28-15-4-5-19-17(13-15)18-14-25(11-9-20(18)24-19)22(27)7-6-21(26)23-10-8-16-3-2-12-29-16/h2-5,12-13,24H,6-11,14H2,1H3,(H,23,26). The van der Waals surface area contributed by atoms with Crippen molar-refractivity contribution >= 4 is 34.1 Å². The molecule has 2 aromatic heterocycles. The molecule has 1 aromatic carbocycles. The average Bonchev–Trinajstić information content (AvgIpc) is 3.38. The Labute approximate surface area is 173 Å². The normalized spacial score (nSPS) is 13.3. The van der Waals surface area contributed by atoms with Crippen LogP contribution in [-0.4, -0.2) is 41.9 Å². The molecule has 152 valence electrons. The molecule has 7 heteroatoms. The number of methoxy groups -OCH3 is 1. The lowest BCUT2D eigenvalue weighted by Crippen LogP contribution is -2.36. The fraction of sp³-hybridized carbons (Fsp3) is 0.364. The van der Waals surface area contributed by atoms with E-state index >= 15 is 0 Å². The molecule has 3 aromatic rings. The Morgan fingerprint density at radius 2 is 2.17 bits per heavy atom. The van der Waals surface area contributed by atoms with E-state index < -0.39 is 0 Å². The van der Waals surface area contributed by atoms with Crippen molar-refractivity contribution in [1.29, 1.82) is 0 Å². The lowest BCUT2D eigenvalue weighted by atomic mass is 10.0. The zero-order valence-electron chi connectivity index (χ0n) is 16.5.